The highest BCUT2D eigenvalue weighted by molar-refractivity contribution is 7.17. The van der Waals surface area contributed by atoms with Crippen LogP contribution in [0.4, 0.5) is 5.69 Å². The molecule has 0 spiro atoms. The lowest BCUT2D eigenvalue weighted by Crippen LogP contribution is -2.47. The molecule has 9 nitrogen and oxygen atoms in total. The summed E-state index contributed by atoms with van der Waals surface area (Å²) in [5.41, 5.74) is 6.97. The fourth-order valence-electron chi connectivity index (χ4n) is 6.21. The van der Waals surface area contributed by atoms with Gasteiger partial charge in [0.2, 0.25) is 5.91 Å². The van der Waals surface area contributed by atoms with E-state index in [1.165, 1.54) is 31.3 Å². The summed E-state index contributed by atoms with van der Waals surface area (Å²) in [4.78, 5) is 45.1. The Morgan fingerprint density at radius 1 is 0.976 bits per heavy atom. The Bertz CT molecular complexity index is 1640. The number of hydrogen-bond acceptors (Lipinski definition) is 8. The number of aromatic nitrogens is 1. The zero-order chi connectivity index (χ0) is 29.1. The number of nitrogens with two attached hydrogens (primary N) is 1. The zero-order valence-electron chi connectivity index (χ0n) is 23.7. The molecule has 1 amide bonds. The second-order valence-electron chi connectivity index (χ2n) is 11.0. The first-order valence-electron chi connectivity index (χ1n) is 14.8. The van der Waals surface area contributed by atoms with Crippen LogP contribution in [0.1, 0.15) is 30.5 Å². The lowest BCUT2D eigenvalue weighted by atomic mass is 10.1. The molecule has 0 bridgehead atoms. The van der Waals surface area contributed by atoms with Crippen LogP contribution in [0.15, 0.2) is 64.8 Å². The third-order valence-corrected chi connectivity index (χ3v) is 9.33. The molecule has 0 aliphatic carbocycles. The molecule has 2 N–H and O–H groups in total. The van der Waals surface area contributed by atoms with Crippen LogP contribution in [0.2, 0.25) is 0 Å². The Kier molecular flexibility index (Phi) is 8.55. The van der Waals surface area contributed by atoms with Gasteiger partial charge in [-0.25, -0.2) is 4.57 Å². The number of ether oxygens (including phenoxy) is 1. The van der Waals surface area contributed by atoms with Crippen molar-refractivity contribution in [2.24, 2.45) is 5.73 Å². The number of thiophene rings is 1. The topological polar surface area (TPSA) is 101 Å². The van der Waals surface area contributed by atoms with Crippen molar-refractivity contribution in [2.45, 2.75) is 31.7 Å². The SMILES string of the molecule is NCC(=O)N1CCCC1C(=O)n1c(=O)ccc2ccc(OCCCCN3CCN(c4cccc5sccc45)CC3)cc21. The van der Waals surface area contributed by atoms with E-state index in [9.17, 15) is 14.4 Å². The Morgan fingerprint density at radius 2 is 1.81 bits per heavy atom. The standard InChI is InChI=1S/C32H37N5O4S/c33-22-31(39)36-14-4-6-27(36)32(40)37-28-21-24(10-8-23(28)9-11-30(37)38)41-19-2-1-13-34-15-17-35(18-16-34)26-5-3-7-29-25(26)12-20-42-29/h3,5,7-12,20-21,27H,1-2,4,6,13-19,22,33H2. The van der Waals surface area contributed by atoms with Gasteiger partial charge in [0, 0.05) is 60.6 Å². The highest BCUT2D eigenvalue weighted by Crippen LogP contribution is 2.31. The molecule has 6 rings (SSSR count). The number of carbonyl (C=O) groups excluding carboxylic acids is 2. The van der Waals surface area contributed by atoms with Crippen molar-refractivity contribution in [1.82, 2.24) is 14.4 Å². The number of amides is 1. The fraction of sp³-hybridized carbons (Fsp3) is 0.406. The number of pyridine rings is 1. The van der Waals surface area contributed by atoms with Crippen molar-refractivity contribution >= 4 is 49.8 Å². The molecule has 2 aliphatic rings. The van der Waals surface area contributed by atoms with Crippen molar-refractivity contribution in [1.29, 1.82) is 0 Å². The van der Waals surface area contributed by atoms with Crippen LogP contribution >= 0.6 is 11.3 Å². The van der Waals surface area contributed by atoms with Crippen LogP contribution in [-0.2, 0) is 4.79 Å². The normalized spacial score (nSPS) is 17.8. The van der Waals surface area contributed by atoms with Crippen LogP contribution in [0, 0.1) is 0 Å². The maximum Gasteiger partial charge on any atom is 0.257 e. The molecule has 2 aliphatic heterocycles. The summed E-state index contributed by atoms with van der Waals surface area (Å²) < 4.78 is 8.59. The van der Waals surface area contributed by atoms with E-state index in [0.29, 0.717) is 37.3 Å². The highest BCUT2D eigenvalue weighted by atomic mass is 32.1. The van der Waals surface area contributed by atoms with E-state index < -0.39 is 17.5 Å². The van der Waals surface area contributed by atoms with Gasteiger partial charge >= 0.3 is 0 Å². The summed E-state index contributed by atoms with van der Waals surface area (Å²) in [6.07, 6.45) is 3.16. The Hall–Kier alpha value is -3.73. The number of fused-ring (bicyclic) bond motifs is 2. The largest absolute Gasteiger partial charge is 0.494 e. The van der Waals surface area contributed by atoms with Gasteiger partial charge in [-0.3, -0.25) is 19.3 Å². The van der Waals surface area contributed by atoms with Gasteiger partial charge in [-0.1, -0.05) is 6.07 Å². The van der Waals surface area contributed by atoms with Crippen LogP contribution in [0.25, 0.3) is 21.0 Å². The highest BCUT2D eigenvalue weighted by Gasteiger charge is 2.35. The summed E-state index contributed by atoms with van der Waals surface area (Å²) in [6.45, 7) is 6.06. The van der Waals surface area contributed by atoms with Gasteiger partial charge in [-0.2, -0.15) is 0 Å². The summed E-state index contributed by atoms with van der Waals surface area (Å²) in [7, 11) is 0. The van der Waals surface area contributed by atoms with Crippen molar-refractivity contribution in [3.63, 3.8) is 0 Å². The Balaban J connectivity index is 1.02. The van der Waals surface area contributed by atoms with Gasteiger partial charge in [0.15, 0.2) is 0 Å². The fourth-order valence-corrected chi connectivity index (χ4v) is 7.02. The Labute approximate surface area is 249 Å². The zero-order valence-corrected chi connectivity index (χ0v) is 24.6. The maximum atomic E-state index is 13.5. The van der Waals surface area contributed by atoms with Crippen LogP contribution < -0.4 is 20.9 Å². The minimum atomic E-state index is -0.680. The lowest BCUT2D eigenvalue weighted by Gasteiger charge is -2.36. The van der Waals surface area contributed by atoms with Gasteiger partial charge in [-0.15, -0.1) is 11.3 Å². The van der Waals surface area contributed by atoms with Crippen molar-refractivity contribution < 1.29 is 14.3 Å². The number of piperazine rings is 1. The number of benzene rings is 2. The average molecular weight is 588 g/mol. The van der Waals surface area contributed by atoms with E-state index in [1.807, 2.05) is 12.1 Å². The quantitative estimate of drug-likeness (QED) is 0.298. The summed E-state index contributed by atoms with van der Waals surface area (Å²) in [5.74, 6) is -0.0534. The van der Waals surface area contributed by atoms with E-state index in [-0.39, 0.29) is 12.5 Å². The van der Waals surface area contributed by atoms with E-state index in [0.717, 1.165) is 51.0 Å². The smallest absolute Gasteiger partial charge is 0.257 e. The van der Waals surface area contributed by atoms with Gasteiger partial charge < -0.3 is 20.3 Å². The van der Waals surface area contributed by atoms with Crippen molar-refractivity contribution in [2.75, 3.05) is 57.3 Å². The van der Waals surface area contributed by atoms with Crippen molar-refractivity contribution in [3.05, 3.63) is 70.3 Å². The molecular weight excluding hydrogens is 550 g/mol. The number of anilines is 1. The van der Waals surface area contributed by atoms with Gasteiger partial charge in [0.05, 0.1) is 18.7 Å². The molecule has 10 heteroatoms. The molecule has 2 aromatic heterocycles. The summed E-state index contributed by atoms with van der Waals surface area (Å²) in [6, 6.07) is 16.7. The molecule has 0 saturated carbocycles. The molecule has 2 saturated heterocycles. The van der Waals surface area contributed by atoms with Crippen LogP contribution in [-0.4, -0.2) is 84.6 Å². The second kappa shape index (κ2) is 12.6. The average Bonchev–Trinajstić information content (AvgIpc) is 3.71. The molecule has 42 heavy (non-hydrogen) atoms. The predicted molar refractivity (Wildman–Crippen MR) is 168 cm³/mol. The summed E-state index contributed by atoms with van der Waals surface area (Å²) in [5, 5.41) is 4.28. The molecular formula is C32H37N5O4S. The number of likely N-dealkylation sites (tertiary alicyclic amines) is 1. The maximum absolute atomic E-state index is 13.5. The number of unbranched alkanes of at least 4 members (excludes halogenated alkanes) is 1. The summed E-state index contributed by atoms with van der Waals surface area (Å²) >= 11 is 1.79. The molecule has 0 radical (unpaired) electrons. The third kappa shape index (κ3) is 5.79. The minimum absolute atomic E-state index is 0.158. The predicted octanol–water partition coefficient (Wildman–Crippen LogP) is 3.79. The van der Waals surface area contributed by atoms with Gasteiger partial charge in [0.1, 0.15) is 11.8 Å². The number of carbonyl (C=O) groups is 2. The molecule has 1 atom stereocenters. The first-order valence-corrected chi connectivity index (χ1v) is 15.7. The van der Waals surface area contributed by atoms with E-state index in [1.54, 1.807) is 23.5 Å². The molecule has 2 aromatic carbocycles. The van der Waals surface area contributed by atoms with E-state index in [2.05, 4.69) is 39.4 Å². The monoisotopic (exact) mass is 587 g/mol. The second-order valence-corrected chi connectivity index (χ2v) is 12.0. The van der Waals surface area contributed by atoms with Gasteiger partial charge in [-0.05, 0) is 79.4 Å². The number of nitrogens with zero attached hydrogens (tertiary/aromatic N) is 4. The Morgan fingerprint density at radius 3 is 2.64 bits per heavy atom. The molecule has 4 heterocycles. The van der Waals surface area contributed by atoms with Crippen LogP contribution in [0.3, 0.4) is 0 Å². The lowest BCUT2D eigenvalue weighted by molar-refractivity contribution is -0.129. The van der Waals surface area contributed by atoms with Crippen molar-refractivity contribution in [3.8, 4) is 5.75 Å². The van der Waals surface area contributed by atoms with Gasteiger partial charge in [0.25, 0.3) is 11.5 Å². The first-order chi connectivity index (χ1) is 20.5. The number of rotatable bonds is 9. The molecule has 4 aromatic rings. The molecule has 2 fully saturated rings. The van der Waals surface area contributed by atoms with E-state index >= 15 is 0 Å². The van der Waals surface area contributed by atoms with E-state index in [4.69, 9.17) is 10.5 Å². The van der Waals surface area contributed by atoms with Crippen LogP contribution in [0.5, 0.6) is 5.75 Å². The molecule has 1 unspecified atom stereocenters. The minimum Gasteiger partial charge on any atom is -0.494 e. The number of hydrogen-bond donors (Lipinski definition) is 1. The molecule has 220 valence electrons. The third-order valence-electron chi connectivity index (χ3n) is 8.45. The first kappa shape index (κ1) is 28.4.